The predicted molar refractivity (Wildman–Crippen MR) is 47.4 cm³/mol. The molecular weight excluding hydrogens is 174 g/mol. The third kappa shape index (κ3) is 1.56. The second-order valence-corrected chi connectivity index (χ2v) is 3.64. The Morgan fingerprint density at radius 2 is 2.67 bits per heavy atom. The first-order chi connectivity index (χ1) is 5.86. The maximum Gasteiger partial charge on any atom is 0.202 e. The van der Waals surface area contributed by atoms with Gasteiger partial charge in [-0.1, -0.05) is 0 Å². The van der Waals surface area contributed by atoms with Crippen LogP contribution in [0.5, 0.6) is 0 Å². The third-order valence-corrected chi connectivity index (χ3v) is 2.64. The average molecular weight is 185 g/mol. The molecule has 0 amide bonds. The van der Waals surface area contributed by atoms with E-state index in [1.54, 1.807) is 6.33 Å². The first-order valence-electron chi connectivity index (χ1n) is 4.01. The third-order valence-electron chi connectivity index (χ3n) is 2.05. The molecule has 5 heteroatoms. The van der Waals surface area contributed by atoms with Gasteiger partial charge < -0.3 is 10.1 Å². The van der Waals surface area contributed by atoms with E-state index in [0.29, 0.717) is 6.04 Å². The molecule has 12 heavy (non-hydrogen) atoms. The fraction of sp³-hybridized carbons (Fsp3) is 0.714. The summed E-state index contributed by atoms with van der Waals surface area (Å²) in [4.78, 5) is 4.05. The largest absolute Gasteiger partial charge is 0.376 e. The Kier molecular flexibility index (Phi) is 2.23. The zero-order valence-electron chi connectivity index (χ0n) is 6.86. The van der Waals surface area contributed by atoms with Crippen LogP contribution in [0.4, 0.5) is 5.13 Å². The van der Waals surface area contributed by atoms with Gasteiger partial charge in [0.25, 0.3) is 0 Å². The normalized spacial score (nSPS) is 29.1. The summed E-state index contributed by atoms with van der Waals surface area (Å²) >= 11 is 1.38. The molecule has 4 nitrogen and oxygen atoms in total. The molecule has 66 valence electrons. The Balaban J connectivity index is 1.95. The number of rotatable bonds is 2. The molecule has 1 aromatic heterocycles. The lowest BCUT2D eigenvalue weighted by Crippen LogP contribution is -2.26. The molecule has 1 fully saturated rings. The summed E-state index contributed by atoms with van der Waals surface area (Å²) in [6.45, 7) is 2.92. The van der Waals surface area contributed by atoms with Gasteiger partial charge in [-0.3, -0.25) is 0 Å². The van der Waals surface area contributed by atoms with Crippen molar-refractivity contribution < 1.29 is 4.74 Å². The lowest BCUT2D eigenvalue weighted by molar-refractivity contribution is 0.121. The first kappa shape index (κ1) is 7.94. The predicted octanol–water partition coefficient (Wildman–Crippen LogP) is 1.13. The van der Waals surface area contributed by atoms with Crippen LogP contribution in [-0.2, 0) is 4.74 Å². The van der Waals surface area contributed by atoms with Gasteiger partial charge in [-0.05, 0) is 13.3 Å². The highest BCUT2D eigenvalue weighted by molar-refractivity contribution is 7.09. The zero-order chi connectivity index (χ0) is 8.39. The molecule has 0 spiro atoms. The Morgan fingerprint density at radius 3 is 3.25 bits per heavy atom. The van der Waals surface area contributed by atoms with E-state index in [1.165, 1.54) is 11.5 Å². The zero-order valence-corrected chi connectivity index (χ0v) is 7.67. The van der Waals surface area contributed by atoms with E-state index >= 15 is 0 Å². The fourth-order valence-corrected chi connectivity index (χ4v) is 1.81. The standard InChI is InChI=1S/C7H11N3OS/c1-5-6(2-3-11-5)10-7-8-4-9-12-7/h4-6H,2-3H2,1H3,(H,8,9,10). The van der Waals surface area contributed by atoms with Crippen LogP contribution in [0.25, 0.3) is 0 Å². The summed E-state index contributed by atoms with van der Waals surface area (Å²) < 4.78 is 9.32. The summed E-state index contributed by atoms with van der Waals surface area (Å²) in [5.74, 6) is 0. The van der Waals surface area contributed by atoms with Crippen LogP contribution in [0, 0.1) is 0 Å². The van der Waals surface area contributed by atoms with E-state index in [2.05, 4.69) is 21.6 Å². The number of anilines is 1. The smallest absolute Gasteiger partial charge is 0.202 e. The van der Waals surface area contributed by atoms with Crippen molar-refractivity contribution in [2.75, 3.05) is 11.9 Å². The molecule has 0 bridgehead atoms. The van der Waals surface area contributed by atoms with Gasteiger partial charge >= 0.3 is 0 Å². The number of hydrogen-bond acceptors (Lipinski definition) is 5. The van der Waals surface area contributed by atoms with Crippen molar-refractivity contribution in [3.05, 3.63) is 6.33 Å². The minimum absolute atomic E-state index is 0.286. The Labute approximate surface area is 75.1 Å². The molecule has 1 aromatic rings. The molecule has 2 heterocycles. The summed E-state index contributed by atoms with van der Waals surface area (Å²) in [7, 11) is 0. The van der Waals surface area contributed by atoms with Gasteiger partial charge in [0.2, 0.25) is 5.13 Å². The van der Waals surface area contributed by atoms with Gasteiger partial charge in [-0.2, -0.15) is 4.37 Å². The Bertz CT molecular complexity index is 239. The molecule has 1 N–H and O–H groups in total. The maximum atomic E-state index is 5.41. The molecule has 0 aromatic carbocycles. The molecule has 1 saturated heterocycles. The van der Waals surface area contributed by atoms with Crippen molar-refractivity contribution in [1.82, 2.24) is 9.36 Å². The molecule has 1 aliphatic rings. The summed E-state index contributed by atoms with van der Waals surface area (Å²) in [5.41, 5.74) is 0. The Morgan fingerprint density at radius 1 is 1.75 bits per heavy atom. The van der Waals surface area contributed by atoms with Gasteiger partial charge in [-0.25, -0.2) is 4.98 Å². The fourth-order valence-electron chi connectivity index (χ4n) is 1.32. The van der Waals surface area contributed by atoms with E-state index in [-0.39, 0.29) is 6.10 Å². The number of hydrogen-bond donors (Lipinski definition) is 1. The summed E-state index contributed by atoms with van der Waals surface area (Å²) in [6.07, 6.45) is 2.91. The van der Waals surface area contributed by atoms with E-state index in [1.807, 2.05) is 0 Å². The quantitative estimate of drug-likeness (QED) is 0.750. The Hall–Kier alpha value is -0.680. The van der Waals surface area contributed by atoms with Gasteiger partial charge in [0.15, 0.2) is 0 Å². The monoisotopic (exact) mass is 185 g/mol. The lowest BCUT2D eigenvalue weighted by Gasteiger charge is -2.14. The van der Waals surface area contributed by atoms with Crippen LogP contribution in [0.3, 0.4) is 0 Å². The van der Waals surface area contributed by atoms with Crippen LogP contribution in [0.2, 0.25) is 0 Å². The van der Waals surface area contributed by atoms with Crippen molar-refractivity contribution in [2.45, 2.75) is 25.5 Å². The van der Waals surface area contributed by atoms with Crippen LogP contribution in [0.15, 0.2) is 6.33 Å². The van der Waals surface area contributed by atoms with Crippen molar-refractivity contribution in [2.24, 2.45) is 0 Å². The number of ether oxygens (including phenoxy) is 1. The molecule has 0 saturated carbocycles. The highest BCUT2D eigenvalue weighted by Crippen LogP contribution is 2.18. The van der Waals surface area contributed by atoms with Crippen molar-refractivity contribution in [3.63, 3.8) is 0 Å². The topological polar surface area (TPSA) is 47.0 Å². The van der Waals surface area contributed by atoms with E-state index < -0.39 is 0 Å². The second-order valence-electron chi connectivity index (χ2n) is 2.86. The highest BCUT2D eigenvalue weighted by atomic mass is 32.1. The second kappa shape index (κ2) is 3.37. The van der Waals surface area contributed by atoms with Crippen LogP contribution >= 0.6 is 11.5 Å². The number of nitrogens with zero attached hydrogens (tertiary/aromatic N) is 2. The summed E-state index contributed by atoms with van der Waals surface area (Å²) in [6, 6.07) is 0.401. The highest BCUT2D eigenvalue weighted by Gasteiger charge is 2.24. The van der Waals surface area contributed by atoms with E-state index in [4.69, 9.17) is 4.74 Å². The van der Waals surface area contributed by atoms with Crippen LogP contribution < -0.4 is 5.32 Å². The molecule has 0 aliphatic carbocycles. The van der Waals surface area contributed by atoms with E-state index in [0.717, 1.165) is 18.2 Å². The van der Waals surface area contributed by atoms with Crippen LogP contribution in [0.1, 0.15) is 13.3 Å². The number of aromatic nitrogens is 2. The molecule has 1 aliphatic heterocycles. The minimum Gasteiger partial charge on any atom is -0.376 e. The average Bonchev–Trinajstić information content (AvgIpc) is 2.65. The number of nitrogens with one attached hydrogen (secondary N) is 1. The van der Waals surface area contributed by atoms with Crippen molar-refractivity contribution >= 4 is 16.7 Å². The summed E-state index contributed by atoms with van der Waals surface area (Å²) in [5, 5.41) is 4.18. The molecule has 2 atom stereocenters. The van der Waals surface area contributed by atoms with Gasteiger partial charge in [0.1, 0.15) is 6.33 Å². The first-order valence-corrected chi connectivity index (χ1v) is 4.78. The SMILES string of the molecule is CC1OCCC1Nc1ncns1. The van der Waals surface area contributed by atoms with Crippen molar-refractivity contribution in [3.8, 4) is 0 Å². The van der Waals surface area contributed by atoms with Gasteiger partial charge in [0.05, 0.1) is 12.1 Å². The van der Waals surface area contributed by atoms with Gasteiger partial charge in [0, 0.05) is 18.1 Å². The molecule has 2 unspecified atom stereocenters. The molecule has 0 radical (unpaired) electrons. The maximum absolute atomic E-state index is 5.41. The molecular formula is C7H11N3OS. The van der Waals surface area contributed by atoms with Crippen LogP contribution in [-0.4, -0.2) is 28.1 Å². The van der Waals surface area contributed by atoms with E-state index in [9.17, 15) is 0 Å². The van der Waals surface area contributed by atoms with Crippen molar-refractivity contribution in [1.29, 1.82) is 0 Å². The minimum atomic E-state index is 0.286. The van der Waals surface area contributed by atoms with Gasteiger partial charge in [-0.15, -0.1) is 0 Å². The lowest BCUT2D eigenvalue weighted by atomic mass is 10.2. The molecule has 2 rings (SSSR count).